The molecule has 0 aliphatic carbocycles. The Morgan fingerprint density at radius 1 is 1.24 bits per heavy atom. The van der Waals surface area contributed by atoms with E-state index >= 15 is 0 Å². The maximum Gasteiger partial charge on any atom is 0.121 e. The van der Waals surface area contributed by atoms with Gasteiger partial charge in [-0.3, -0.25) is 4.90 Å². The zero-order valence-electron chi connectivity index (χ0n) is 14.9. The molecule has 3 aromatic rings. The SMILES string of the molecule is Cc1ccc2[nH]c(CN3CCC(O)(Cn4ccnc4)CC3)nc2c1C. The summed E-state index contributed by atoms with van der Waals surface area (Å²) < 4.78 is 1.96. The second-order valence-corrected chi connectivity index (χ2v) is 7.32. The van der Waals surface area contributed by atoms with Crippen molar-refractivity contribution < 1.29 is 5.11 Å². The van der Waals surface area contributed by atoms with E-state index in [0.29, 0.717) is 6.54 Å². The van der Waals surface area contributed by atoms with Gasteiger partial charge in [0.15, 0.2) is 0 Å². The minimum Gasteiger partial charge on any atom is -0.388 e. The van der Waals surface area contributed by atoms with E-state index in [-0.39, 0.29) is 0 Å². The van der Waals surface area contributed by atoms with E-state index in [1.54, 1.807) is 12.5 Å². The maximum atomic E-state index is 10.8. The van der Waals surface area contributed by atoms with Crippen LogP contribution in [-0.2, 0) is 13.1 Å². The molecular formula is C19H25N5O. The summed E-state index contributed by atoms with van der Waals surface area (Å²) in [5.74, 6) is 1.00. The molecule has 0 bridgehead atoms. The second-order valence-electron chi connectivity index (χ2n) is 7.32. The van der Waals surface area contributed by atoms with E-state index in [1.807, 2.05) is 10.8 Å². The molecule has 2 aromatic heterocycles. The summed E-state index contributed by atoms with van der Waals surface area (Å²) in [6, 6.07) is 4.24. The molecule has 132 valence electrons. The summed E-state index contributed by atoms with van der Waals surface area (Å²) in [6.45, 7) is 7.41. The third-order valence-corrected chi connectivity index (χ3v) is 5.42. The average Bonchev–Trinajstić information content (AvgIpc) is 3.23. The Kier molecular flexibility index (Phi) is 4.09. The van der Waals surface area contributed by atoms with Gasteiger partial charge in [-0.25, -0.2) is 9.97 Å². The number of hydrogen-bond acceptors (Lipinski definition) is 4. The molecule has 1 saturated heterocycles. The van der Waals surface area contributed by atoms with Crippen LogP contribution in [0.4, 0.5) is 0 Å². The summed E-state index contributed by atoms with van der Waals surface area (Å²) in [4.78, 5) is 14.6. The molecule has 0 saturated carbocycles. The number of fused-ring (bicyclic) bond motifs is 1. The third-order valence-electron chi connectivity index (χ3n) is 5.42. The van der Waals surface area contributed by atoms with Gasteiger partial charge in [-0.1, -0.05) is 6.07 Å². The van der Waals surface area contributed by atoms with Crippen LogP contribution in [0.5, 0.6) is 0 Å². The molecule has 1 aliphatic rings. The van der Waals surface area contributed by atoms with Crippen molar-refractivity contribution in [2.75, 3.05) is 13.1 Å². The van der Waals surface area contributed by atoms with Gasteiger partial charge < -0.3 is 14.7 Å². The highest BCUT2D eigenvalue weighted by atomic mass is 16.3. The molecule has 0 radical (unpaired) electrons. The van der Waals surface area contributed by atoms with Crippen LogP contribution in [0.2, 0.25) is 0 Å². The molecule has 4 rings (SSSR count). The first-order valence-corrected chi connectivity index (χ1v) is 8.88. The van der Waals surface area contributed by atoms with E-state index in [9.17, 15) is 5.11 Å². The zero-order valence-corrected chi connectivity index (χ0v) is 14.9. The number of aliphatic hydroxyl groups is 1. The lowest BCUT2D eigenvalue weighted by atomic mass is 9.91. The number of aromatic amines is 1. The molecule has 0 amide bonds. The molecule has 25 heavy (non-hydrogen) atoms. The molecule has 1 aliphatic heterocycles. The third kappa shape index (κ3) is 3.32. The van der Waals surface area contributed by atoms with Crippen molar-refractivity contribution in [2.45, 2.75) is 45.4 Å². The maximum absolute atomic E-state index is 10.8. The number of benzene rings is 1. The topological polar surface area (TPSA) is 70.0 Å². The summed E-state index contributed by atoms with van der Waals surface area (Å²) in [5.41, 5.74) is 4.05. The Balaban J connectivity index is 1.41. The molecule has 6 heteroatoms. The van der Waals surface area contributed by atoms with Crippen molar-refractivity contribution in [1.82, 2.24) is 24.4 Å². The predicted octanol–water partition coefficient (Wildman–Crippen LogP) is 2.40. The second kappa shape index (κ2) is 6.28. The molecular weight excluding hydrogens is 314 g/mol. The van der Waals surface area contributed by atoms with Crippen molar-refractivity contribution in [3.05, 3.63) is 47.8 Å². The van der Waals surface area contributed by atoms with Gasteiger partial charge >= 0.3 is 0 Å². The summed E-state index contributed by atoms with van der Waals surface area (Å²) in [6.07, 6.45) is 6.96. The van der Waals surface area contributed by atoms with Crippen LogP contribution in [0.3, 0.4) is 0 Å². The van der Waals surface area contributed by atoms with Crippen LogP contribution in [0.25, 0.3) is 11.0 Å². The summed E-state index contributed by atoms with van der Waals surface area (Å²) in [7, 11) is 0. The van der Waals surface area contributed by atoms with E-state index in [4.69, 9.17) is 4.98 Å². The number of piperidine rings is 1. The van der Waals surface area contributed by atoms with Gasteiger partial charge in [0, 0.05) is 25.5 Å². The molecule has 2 N–H and O–H groups in total. The lowest BCUT2D eigenvalue weighted by molar-refractivity contribution is -0.0361. The summed E-state index contributed by atoms with van der Waals surface area (Å²) >= 11 is 0. The fraction of sp³-hybridized carbons (Fsp3) is 0.474. The van der Waals surface area contributed by atoms with E-state index < -0.39 is 5.60 Å². The average molecular weight is 339 g/mol. The van der Waals surface area contributed by atoms with Crippen LogP contribution in [-0.4, -0.2) is 48.2 Å². The van der Waals surface area contributed by atoms with Crippen LogP contribution >= 0.6 is 0 Å². The summed E-state index contributed by atoms with van der Waals surface area (Å²) in [5, 5.41) is 10.8. The van der Waals surface area contributed by atoms with Crippen molar-refractivity contribution in [3.63, 3.8) is 0 Å². The fourth-order valence-corrected chi connectivity index (χ4v) is 3.66. The first-order chi connectivity index (χ1) is 12.0. The quantitative estimate of drug-likeness (QED) is 0.766. The van der Waals surface area contributed by atoms with Crippen LogP contribution in [0.1, 0.15) is 29.8 Å². The first kappa shape index (κ1) is 16.3. The number of aryl methyl sites for hydroxylation is 2. The molecule has 1 aromatic carbocycles. The van der Waals surface area contributed by atoms with Gasteiger partial charge in [-0.05, 0) is 43.9 Å². The van der Waals surface area contributed by atoms with Gasteiger partial charge in [-0.2, -0.15) is 0 Å². The van der Waals surface area contributed by atoms with Gasteiger partial charge in [-0.15, -0.1) is 0 Å². The molecule has 0 unspecified atom stereocenters. The Bertz CT molecular complexity index is 859. The molecule has 1 fully saturated rings. The van der Waals surface area contributed by atoms with Crippen molar-refractivity contribution in [3.8, 4) is 0 Å². The molecule has 6 nitrogen and oxygen atoms in total. The number of likely N-dealkylation sites (tertiary alicyclic amines) is 1. The highest BCUT2D eigenvalue weighted by Gasteiger charge is 2.32. The predicted molar refractivity (Wildman–Crippen MR) is 97.3 cm³/mol. The van der Waals surface area contributed by atoms with Crippen molar-refractivity contribution >= 4 is 11.0 Å². The number of rotatable bonds is 4. The van der Waals surface area contributed by atoms with Crippen LogP contribution in [0, 0.1) is 13.8 Å². The molecule has 0 atom stereocenters. The lowest BCUT2D eigenvalue weighted by Crippen LogP contribution is -2.46. The lowest BCUT2D eigenvalue weighted by Gasteiger charge is -2.38. The Morgan fingerprint density at radius 2 is 2.04 bits per heavy atom. The van der Waals surface area contributed by atoms with Gasteiger partial charge in [0.2, 0.25) is 0 Å². The van der Waals surface area contributed by atoms with Crippen LogP contribution < -0.4 is 0 Å². The van der Waals surface area contributed by atoms with E-state index in [2.05, 4.69) is 40.8 Å². The van der Waals surface area contributed by atoms with Crippen LogP contribution in [0.15, 0.2) is 30.9 Å². The fourth-order valence-electron chi connectivity index (χ4n) is 3.66. The zero-order chi connectivity index (χ0) is 17.4. The first-order valence-electron chi connectivity index (χ1n) is 8.88. The minimum absolute atomic E-state index is 0.615. The highest BCUT2D eigenvalue weighted by molar-refractivity contribution is 5.79. The number of hydrogen-bond donors (Lipinski definition) is 2. The van der Waals surface area contributed by atoms with Gasteiger partial charge in [0.25, 0.3) is 0 Å². The Hall–Kier alpha value is -2.18. The number of nitrogens with zero attached hydrogens (tertiary/aromatic N) is 4. The van der Waals surface area contributed by atoms with E-state index in [1.165, 1.54) is 11.1 Å². The molecule has 3 heterocycles. The standard InChI is InChI=1S/C19H25N5O/c1-14-3-4-16-18(15(14)2)22-17(21-16)11-23-8-5-19(25,6-9-23)12-24-10-7-20-13-24/h3-4,7,10,13,25H,5-6,8-9,11-12H2,1-2H3,(H,21,22). The van der Waals surface area contributed by atoms with Gasteiger partial charge in [0.1, 0.15) is 5.82 Å². The van der Waals surface area contributed by atoms with Gasteiger partial charge in [0.05, 0.1) is 36.1 Å². The number of imidazole rings is 2. The van der Waals surface area contributed by atoms with Crippen molar-refractivity contribution in [2.24, 2.45) is 0 Å². The normalized spacial score (nSPS) is 18.0. The Labute approximate surface area is 147 Å². The smallest absolute Gasteiger partial charge is 0.121 e. The number of nitrogens with one attached hydrogen (secondary N) is 1. The largest absolute Gasteiger partial charge is 0.388 e. The number of aromatic nitrogens is 4. The monoisotopic (exact) mass is 339 g/mol. The number of H-pyrrole nitrogens is 1. The van der Waals surface area contributed by atoms with Crippen molar-refractivity contribution in [1.29, 1.82) is 0 Å². The van der Waals surface area contributed by atoms with E-state index in [0.717, 1.165) is 49.3 Å². The Morgan fingerprint density at radius 3 is 2.76 bits per heavy atom. The minimum atomic E-state index is -0.640. The highest BCUT2D eigenvalue weighted by Crippen LogP contribution is 2.26. The molecule has 0 spiro atoms.